The van der Waals surface area contributed by atoms with Gasteiger partial charge >= 0.3 is 43.0 Å². The van der Waals surface area contributed by atoms with Crippen LogP contribution in [0.15, 0.2) is 178 Å². The minimum absolute atomic E-state index is 0.0252. The first kappa shape index (κ1) is 112. The van der Waals surface area contributed by atoms with Crippen molar-refractivity contribution in [3.8, 4) is 51.7 Å². The van der Waals surface area contributed by atoms with Crippen molar-refractivity contribution in [3.05, 3.63) is 218 Å². The van der Waals surface area contributed by atoms with Crippen LogP contribution >= 0.6 is 34.8 Å². The van der Waals surface area contributed by atoms with Crippen LogP contribution < -0.4 is 68.4 Å². The highest BCUT2D eigenvalue weighted by Gasteiger charge is 2.40. The number of alkyl halides is 9. The van der Waals surface area contributed by atoms with Crippen LogP contribution in [0, 0.1) is 0 Å². The summed E-state index contributed by atoms with van der Waals surface area (Å²) < 4.78 is 243. The smallest absolute Gasteiger partial charge is 0.497 e. The number of nitrogens with zero attached hydrogens (tertiary/aromatic N) is 2. The quantitative estimate of drug-likeness (QED) is 0.0138. The number of amides is 2. The van der Waals surface area contributed by atoms with Crippen molar-refractivity contribution in [1.29, 1.82) is 0 Å². The molecule has 0 saturated carbocycles. The second-order valence-corrected chi connectivity index (χ2v) is 41.4. The number of aliphatic carboxylic acids is 2. The molecule has 45 heteroatoms. The van der Waals surface area contributed by atoms with E-state index in [1.54, 1.807) is 53.7 Å². The summed E-state index contributed by atoms with van der Waals surface area (Å²) in [5.74, 6) is -4.12. The molecular formula is C96H103Cl3F9N5O25S3. The molecule has 12 rings (SSSR count). The fourth-order valence-corrected chi connectivity index (χ4v) is 17.0. The number of esters is 2. The zero-order valence-corrected chi connectivity index (χ0v) is 82.8. The summed E-state index contributed by atoms with van der Waals surface area (Å²) in [6, 6.07) is 34.3. The zero-order chi connectivity index (χ0) is 104. The van der Waals surface area contributed by atoms with Crippen LogP contribution in [0.25, 0.3) is 0 Å². The van der Waals surface area contributed by atoms with E-state index in [0.29, 0.717) is 41.0 Å². The number of carboxylic acid groups (broad SMARTS) is 2. The topological polar surface area (TPSA) is 389 Å². The van der Waals surface area contributed by atoms with E-state index >= 15 is 0 Å². The summed E-state index contributed by atoms with van der Waals surface area (Å²) in [5, 5.41) is 28.8. The molecule has 0 saturated heterocycles. The number of benzene rings is 9. The summed E-state index contributed by atoms with van der Waals surface area (Å²) >= 11 is 18.6. The lowest BCUT2D eigenvalue weighted by Gasteiger charge is -2.28. The Kier molecular flexibility index (Phi) is 38.0. The number of carboxylic acids is 2. The zero-order valence-electron chi connectivity index (χ0n) is 78.1. The highest BCUT2D eigenvalue weighted by Crippen LogP contribution is 2.44. The van der Waals surface area contributed by atoms with Crippen molar-refractivity contribution < 1.29 is 156 Å². The fraction of sp³-hybridized carbons (Fsp3) is 0.375. The molecule has 0 aromatic heterocycles. The molecule has 9 aromatic rings. The molecule has 764 valence electrons. The van der Waals surface area contributed by atoms with Gasteiger partial charge in [0.2, 0.25) is 0 Å². The Morgan fingerprint density at radius 2 is 0.695 bits per heavy atom. The number of methoxy groups -OCH3 is 3. The molecule has 30 nitrogen and oxygen atoms in total. The van der Waals surface area contributed by atoms with E-state index in [1.807, 2.05) is 0 Å². The molecule has 0 fully saturated rings. The van der Waals surface area contributed by atoms with Crippen LogP contribution in [0.5, 0.6) is 51.7 Å². The molecule has 0 spiro atoms. The maximum atomic E-state index is 14.4. The second kappa shape index (κ2) is 47.8. The largest absolute Gasteiger partial charge is 0.573 e. The lowest BCUT2D eigenvalue weighted by atomic mass is 10.0. The van der Waals surface area contributed by atoms with E-state index in [1.165, 1.54) is 171 Å². The Labute approximate surface area is 822 Å². The van der Waals surface area contributed by atoms with Crippen LogP contribution in [0.3, 0.4) is 0 Å². The molecule has 3 aliphatic rings. The second-order valence-electron chi connectivity index (χ2n) is 34.0. The number of halogens is 12. The summed E-state index contributed by atoms with van der Waals surface area (Å²) in [6.07, 6.45) is -7.01. The minimum atomic E-state index is -4.94. The first-order valence-corrected chi connectivity index (χ1v) is 49.9. The number of nitrogens with one attached hydrogen (secondary N) is 3. The third-order valence-electron chi connectivity index (χ3n) is 20.6. The predicted octanol–water partition coefficient (Wildman–Crippen LogP) is 20.1. The number of anilines is 5. The molecule has 3 atom stereocenters. The first-order chi connectivity index (χ1) is 65.7. The molecule has 9 aromatic carbocycles. The van der Waals surface area contributed by atoms with E-state index in [9.17, 15) is 98.6 Å². The van der Waals surface area contributed by atoms with Gasteiger partial charge in [0.05, 0.1) is 67.2 Å². The van der Waals surface area contributed by atoms with E-state index < -0.39 is 119 Å². The number of carbonyl (C=O) groups is 6. The molecule has 2 amide bonds. The number of rotatable bonds is 36. The van der Waals surface area contributed by atoms with Crippen molar-refractivity contribution >= 4 is 128 Å². The molecule has 5 N–H and O–H groups in total. The molecule has 3 unspecified atom stereocenters. The highest BCUT2D eigenvalue weighted by molar-refractivity contribution is 7.91. The summed E-state index contributed by atoms with van der Waals surface area (Å²) in [7, 11) is -6.90. The van der Waals surface area contributed by atoms with Gasteiger partial charge in [-0.2, -0.15) is 0 Å². The SMILES string of the molecule is COc1cc(NC(C(=O)N2CCc3ccc(OC(F)(F)F)cc32)c2ccc(Cl)cc2OCCCC(=O)O)cc(S(C)(=O)=O)c1.COc1cc(NC(C(=O)N2CCc3ccc(OC(F)(F)F)cc32)c2ccc(Cl)cc2OCCCC(=O)OC(C)(C)C)cc(S(C)(=O)=O)c1.COc1cc(NC(C(=O)O)c2ccc(Cl)cc2OCCCC(=O)OC(C)(C)C)cc(S(C)(=O)=O)c1.FC(F)(F)Oc1ccc2c(c1)CCC2. The number of carbonyl (C=O) groups excluding carboxylic acids is 4. The average Bonchev–Trinajstić information content (AvgIpc) is 1.66. The number of hydrogen-bond acceptors (Lipinski definition) is 26. The van der Waals surface area contributed by atoms with Crippen LogP contribution in [0.1, 0.15) is 144 Å². The molecule has 2 aliphatic heterocycles. The predicted molar refractivity (Wildman–Crippen MR) is 506 cm³/mol. The van der Waals surface area contributed by atoms with Gasteiger partial charge in [-0.1, -0.05) is 71.2 Å². The number of fused-ring (bicyclic) bond motifs is 3. The fourth-order valence-electron chi connectivity index (χ4n) is 14.5. The standard InChI is InChI=1S/C33H36ClF3N2O8S.C29H28ClF3N2O8S.C24H30ClNO8S.C10H9F3O/c1-32(2,3)47-29(40)7-6-14-45-28-15-21(34)9-11-26(28)30(38-22-16-24(44-4)18-25(17-22)48(5,42)43)31(41)39-13-12-20-8-10-23(19-27(20)39)46-33(35,36)37;1-41-21-13-19(14-22(15-21)44(2,39)40)34-27(23-8-6-18(30)12-25(23)42-11-3-4-26(36)37)28(38)35-10-9-17-5-7-20(16-24(17)35)43-29(31,32)33;1-24(2,3)34-21(27)7-6-10-33-20-11-15(25)8-9-19(20)22(23(28)29)26-16-12-17(32-4)14-18(13-16)35(5,30)31;11-10(12,13)14-9-5-4-7-2-1-3-8(7)6-9/h8-11,15-19,30,38H,6-7,12-14H2,1-5H3;5-8,12-16,27,34H,3-4,9-11H2,1-2H3,(H,36,37);8-9,11-14,22,26H,6-7,10H2,1-5H3,(H,28,29);4-6H,1-3H2. The van der Waals surface area contributed by atoms with Crippen molar-refractivity contribution in [2.75, 3.05) is 98.8 Å². The van der Waals surface area contributed by atoms with E-state index in [0.717, 1.165) is 61.3 Å². The lowest BCUT2D eigenvalue weighted by Crippen LogP contribution is -2.37. The summed E-state index contributed by atoms with van der Waals surface area (Å²) in [4.78, 5) is 78.4. The van der Waals surface area contributed by atoms with Crippen LogP contribution in [0.2, 0.25) is 15.1 Å². The Morgan fingerprint density at radius 1 is 0.383 bits per heavy atom. The Morgan fingerprint density at radius 3 is 1.01 bits per heavy atom. The summed E-state index contributed by atoms with van der Waals surface area (Å²) in [6.45, 7) is 11.0. The average molecular weight is 2100 g/mol. The monoisotopic (exact) mass is 2100 g/mol. The van der Waals surface area contributed by atoms with E-state index in [-0.39, 0.29) is 176 Å². The van der Waals surface area contributed by atoms with Crippen molar-refractivity contribution in [2.45, 2.75) is 175 Å². The van der Waals surface area contributed by atoms with Crippen LogP contribution in [-0.2, 0) is 93.4 Å². The molecule has 0 radical (unpaired) electrons. The van der Waals surface area contributed by atoms with Gasteiger partial charge in [0.15, 0.2) is 35.6 Å². The van der Waals surface area contributed by atoms with Crippen LogP contribution in [-0.4, -0.2) is 174 Å². The molecule has 1 aliphatic carbocycles. The van der Waals surface area contributed by atoms with E-state index in [4.69, 9.17) is 77.8 Å². The van der Waals surface area contributed by atoms with Gasteiger partial charge in [-0.15, -0.1) is 39.5 Å². The molecule has 141 heavy (non-hydrogen) atoms. The maximum Gasteiger partial charge on any atom is 0.573 e. The Hall–Kier alpha value is -12.5. The molecular weight excluding hydrogens is 2000 g/mol. The van der Waals surface area contributed by atoms with Gasteiger partial charge in [0.25, 0.3) is 11.8 Å². The van der Waals surface area contributed by atoms with Crippen LogP contribution in [0.4, 0.5) is 68.0 Å². The van der Waals surface area contributed by atoms with Gasteiger partial charge in [0, 0.05) is 130 Å². The van der Waals surface area contributed by atoms with Crippen molar-refractivity contribution in [2.24, 2.45) is 0 Å². The van der Waals surface area contributed by atoms with Gasteiger partial charge < -0.3 is 88.1 Å². The normalized spacial score (nSPS) is 13.6. The third-order valence-corrected chi connectivity index (χ3v) is 24.6. The number of hydrogen-bond donors (Lipinski definition) is 5. The Bertz CT molecular complexity index is 6390. The summed E-state index contributed by atoms with van der Waals surface area (Å²) in [5.41, 5.74) is 4.00. The van der Waals surface area contributed by atoms with Gasteiger partial charge in [-0.3, -0.25) is 24.0 Å². The minimum Gasteiger partial charge on any atom is -0.497 e. The van der Waals surface area contributed by atoms with Gasteiger partial charge in [-0.25, -0.2) is 30.0 Å². The number of ether oxygens (including phenoxy) is 11. The third kappa shape index (κ3) is 35.0. The molecule has 0 bridgehead atoms. The van der Waals surface area contributed by atoms with Crippen molar-refractivity contribution in [1.82, 2.24) is 0 Å². The lowest BCUT2D eigenvalue weighted by molar-refractivity contribution is -0.275. The maximum absolute atomic E-state index is 14.4. The number of aryl methyl sites for hydroxylation is 2. The Balaban J connectivity index is 0.000000222. The van der Waals surface area contributed by atoms with Crippen molar-refractivity contribution in [3.63, 3.8) is 0 Å². The number of sulfone groups is 3. The first-order valence-electron chi connectivity index (χ1n) is 43.1. The van der Waals surface area contributed by atoms with Gasteiger partial charge in [0.1, 0.15) is 75.0 Å². The van der Waals surface area contributed by atoms with Gasteiger partial charge in [-0.05, 0) is 212 Å². The molecule has 2 heterocycles. The van der Waals surface area contributed by atoms with E-state index in [2.05, 4.69) is 30.2 Å². The highest BCUT2D eigenvalue weighted by atomic mass is 35.5.